The predicted molar refractivity (Wildman–Crippen MR) is 90.3 cm³/mol. The lowest BCUT2D eigenvalue weighted by molar-refractivity contribution is 0.800. The molecular weight excluding hydrogens is 336 g/mol. The Morgan fingerprint density at radius 3 is 2.45 bits per heavy atom. The molecule has 0 aliphatic rings. The van der Waals surface area contributed by atoms with Crippen LogP contribution in [0.2, 0.25) is 5.02 Å². The molecule has 0 bridgehead atoms. The van der Waals surface area contributed by atoms with E-state index in [-0.39, 0.29) is 6.04 Å². The van der Waals surface area contributed by atoms with Gasteiger partial charge in [-0.1, -0.05) is 39.7 Å². The summed E-state index contributed by atoms with van der Waals surface area (Å²) < 4.78 is 1.05. The molecule has 2 rings (SSSR count). The van der Waals surface area contributed by atoms with E-state index in [9.17, 15) is 0 Å². The molecule has 1 unspecified atom stereocenters. The van der Waals surface area contributed by atoms with Crippen LogP contribution in [-0.2, 0) is 6.54 Å². The van der Waals surface area contributed by atoms with Crippen molar-refractivity contribution < 1.29 is 0 Å². The minimum atomic E-state index is -0.00447. The van der Waals surface area contributed by atoms with Crippen LogP contribution >= 0.6 is 27.5 Å². The molecule has 20 heavy (non-hydrogen) atoms. The molecule has 0 saturated carbocycles. The average Bonchev–Trinajstić information content (AvgIpc) is 2.41. The molecule has 0 radical (unpaired) electrons. The molecule has 1 atom stereocenters. The molecule has 2 nitrogen and oxygen atoms in total. The minimum absolute atomic E-state index is 0.00447. The number of nitrogens with two attached hydrogens (primary N) is 1. The van der Waals surface area contributed by atoms with Crippen LogP contribution in [-0.4, -0.2) is 7.05 Å². The highest BCUT2D eigenvalue weighted by molar-refractivity contribution is 9.10. The molecule has 2 N–H and O–H groups in total. The molecule has 0 aromatic heterocycles. The predicted octanol–water partition coefficient (Wildman–Crippen LogP) is 4.76. The van der Waals surface area contributed by atoms with Crippen LogP contribution in [0.4, 0.5) is 5.69 Å². The number of rotatable bonds is 4. The van der Waals surface area contributed by atoms with Gasteiger partial charge in [-0.2, -0.15) is 0 Å². The van der Waals surface area contributed by atoms with Gasteiger partial charge in [0.25, 0.3) is 0 Å². The zero-order valence-electron chi connectivity index (χ0n) is 11.6. The second kappa shape index (κ2) is 6.61. The number of benzene rings is 2. The fraction of sp³-hybridized carbons (Fsp3) is 0.250. The van der Waals surface area contributed by atoms with Gasteiger partial charge in [0.05, 0.1) is 0 Å². The molecule has 0 aliphatic heterocycles. The van der Waals surface area contributed by atoms with Gasteiger partial charge in [0.15, 0.2) is 0 Å². The van der Waals surface area contributed by atoms with Gasteiger partial charge in [-0.15, -0.1) is 0 Å². The Hall–Kier alpha value is -1.03. The zero-order chi connectivity index (χ0) is 14.7. The summed E-state index contributed by atoms with van der Waals surface area (Å²) in [7, 11) is 2.07. The standard InChI is InChI=1S/C16H18BrClN2/c1-11(19)15-9-13(17)5-8-16(15)20(2)10-12-3-6-14(18)7-4-12/h3-9,11H,10,19H2,1-2H3. The SMILES string of the molecule is CC(N)c1cc(Br)ccc1N(C)Cc1ccc(Cl)cc1. The van der Waals surface area contributed by atoms with E-state index in [1.165, 1.54) is 5.56 Å². The first-order valence-electron chi connectivity index (χ1n) is 6.48. The van der Waals surface area contributed by atoms with E-state index < -0.39 is 0 Å². The van der Waals surface area contributed by atoms with Crippen molar-refractivity contribution in [3.8, 4) is 0 Å². The normalized spacial score (nSPS) is 12.2. The second-order valence-electron chi connectivity index (χ2n) is 4.97. The Morgan fingerprint density at radius 1 is 1.20 bits per heavy atom. The Labute approximate surface area is 133 Å². The van der Waals surface area contributed by atoms with E-state index >= 15 is 0 Å². The lowest BCUT2D eigenvalue weighted by Gasteiger charge is -2.24. The molecule has 0 heterocycles. The van der Waals surface area contributed by atoms with Crippen LogP contribution in [0.1, 0.15) is 24.1 Å². The van der Waals surface area contributed by atoms with Crippen LogP contribution in [0.15, 0.2) is 46.9 Å². The van der Waals surface area contributed by atoms with Crippen LogP contribution in [0.5, 0.6) is 0 Å². The van der Waals surface area contributed by atoms with E-state index in [2.05, 4.69) is 40.0 Å². The first-order chi connectivity index (χ1) is 9.47. The van der Waals surface area contributed by atoms with E-state index in [1.807, 2.05) is 37.3 Å². The minimum Gasteiger partial charge on any atom is -0.370 e. The second-order valence-corrected chi connectivity index (χ2v) is 6.33. The highest BCUT2D eigenvalue weighted by Gasteiger charge is 2.11. The van der Waals surface area contributed by atoms with Gasteiger partial charge in [0.2, 0.25) is 0 Å². The molecule has 2 aromatic rings. The first kappa shape index (κ1) is 15.4. The maximum absolute atomic E-state index is 6.07. The quantitative estimate of drug-likeness (QED) is 0.858. The van der Waals surface area contributed by atoms with E-state index in [0.29, 0.717) is 0 Å². The van der Waals surface area contributed by atoms with Crippen molar-refractivity contribution in [1.82, 2.24) is 0 Å². The molecule has 4 heteroatoms. The van der Waals surface area contributed by atoms with Gasteiger partial charge in [0.1, 0.15) is 0 Å². The van der Waals surface area contributed by atoms with Crippen molar-refractivity contribution in [1.29, 1.82) is 0 Å². The van der Waals surface area contributed by atoms with Crippen molar-refractivity contribution in [3.05, 3.63) is 63.1 Å². The van der Waals surface area contributed by atoms with E-state index in [0.717, 1.165) is 27.3 Å². The van der Waals surface area contributed by atoms with Crippen LogP contribution < -0.4 is 10.6 Å². The lowest BCUT2D eigenvalue weighted by Crippen LogP contribution is -2.20. The molecular formula is C16H18BrClN2. The Balaban J connectivity index is 2.24. The third-order valence-corrected chi connectivity index (χ3v) is 3.97. The molecule has 0 amide bonds. The Morgan fingerprint density at radius 2 is 1.85 bits per heavy atom. The summed E-state index contributed by atoms with van der Waals surface area (Å²) in [6.07, 6.45) is 0. The van der Waals surface area contributed by atoms with Crippen molar-refractivity contribution in [2.75, 3.05) is 11.9 Å². The van der Waals surface area contributed by atoms with Gasteiger partial charge in [0, 0.05) is 34.8 Å². The number of halogens is 2. The fourth-order valence-corrected chi connectivity index (χ4v) is 2.69. The summed E-state index contributed by atoms with van der Waals surface area (Å²) >= 11 is 9.41. The largest absolute Gasteiger partial charge is 0.370 e. The highest BCUT2D eigenvalue weighted by atomic mass is 79.9. The summed E-state index contributed by atoms with van der Waals surface area (Å²) in [6, 6.07) is 14.1. The monoisotopic (exact) mass is 352 g/mol. The molecule has 0 fully saturated rings. The third-order valence-electron chi connectivity index (χ3n) is 3.22. The van der Waals surface area contributed by atoms with E-state index in [1.54, 1.807) is 0 Å². The summed E-state index contributed by atoms with van der Waals surface area (Å²) in [6.45, 7) is 2.82. The van der Waals surface area contributed by atoms with Gasteiger partial charge < -0.3 is 10.6 Å². The van der Waals surface area contributed by atoms with Crippen molar-refractivity contribution in [2.24, 2.45) is 5.73 Å². The van der Waals surface area contributed by atoms with Gasteiger partial charge in [-0.25, -0.2) is 0 Å². The highest BCUT2D eigenvalue weighted by Crippen LogP contribution is 2.29. The van der Waals surface area contributed by atoms with Crippen LogP contribution in [0.25, 0.3) is 0 Å². The van der Waals surface area contributed by atoms with Crippen molar-refractivity contribution >= 4 is 33.2 Å². The number of hydrogen-bond donors (Lipinski definition) is 1. The smallest absolute Gasteiger partial charge is 0.0426 e. The van der Waals surface area contributed by atoms with Crippen LogP contribution in [0, 0.1) is 0 Å². The summed E-state index contributed by atoms with van der Waals surface area (Å²) in [5, 5.41) is 0.760. The van der Waals surface area contributed by atoms with Crippen molar-refractivity contribution in [2.45, 2.75) is 19.5 Å². The molecule has 106 valence electrons. The Kier molecular flexibility index (Phi) is 5.08. The maximum atomic E-state index is 6.07. The lowest BCUT2D eigenvalue weighted by atomic mass is 10.1. The van der Waals surface area contributed by atoms with E-state index in [4.69, 9.17) is 17.3 Å². The summed E-state index contributed by atoms with van der Waals surface area (Å²) in [5.41, 5.74) is 9.57. The summed E-state index contributed by atoms with van der Waals surface area (Å²) in [5.74, 6) is 0. The fourth-order valence-electron chi connectivity index (χ4n) is 2.19. The topological polar surface area (TPSA) is 29.3 Å². The first-order valence-corrected chi connectivity index (χ1v) is 7.65. The zero-order valence-corrected chi connectivity index (χ0v) is 13.9. The van der Waals surface area contributed by atoms with Gasteiger partial charge >= 0.3 is 0 Å². The van der Waals surface area contributed by atoms with Gasteiger partial charge in [-0.3, -0.25) is 0 Å². The number of nitrogens with zero attached hydrogens (tertiary/aromatic N) is 1. The average molecular weight is 354 g/mol. The van der Waals surface area contributed by atoms with Crippen molar-refractivity contribution in [3.63, 3.8) is 0 Å². The number of anilines is 1. The summed E-state index contributed by atoms with van der Waals surface area (Å²) in [4.78, 5) is 2.20. The third kappa shape index (κ3) is 3.75. The molecule has 2 aromatic carbocycles. The molecule has 0 spiro atoms. The van der Waals surface area contributed by atoms with Gasteiger partial charge in [-0.05, 0) is 48.4 Å². The maximum Gasteiger partial charge on any atom is 0.0426 e. The molecule has 0 saturated heterocycles. The molecule has 0 aliphatic carbocycles. The van der Waals surface area contributed by atoms with Crippen LogP contribution in [0.3, 0.4) is 0 Å². The number of hydrogen-bond acceptors (Lipinski definition) is 2. The Bertz CT molecular complexity index is 582.